The first-order valence-electron chi connectivity index (χ1n) is 12.2. The van der Waals surface area contributed by atoms with Crippen LogP contribution in [-0.2, 0) is 0 Å². The van der Waals surface area contributed by atoms with Crippen LogP contribution in [0.15, 0.2) is 133 Å². The molecule has 172 valence electrons. The zero-order valence-electron chi connectivity index (χ0n) is 20.1. The van der Waals surface area contributed by atoms with Gasteiger partial charge in [0.1, 0.15) is 7.85 Å². The Hall–Kier alpha value is -4.83. The summed E-state index contributed by atoms with van der Waals surface area (Å²) < 4.78 is 0. The summed E-state index contributed by atoms with van der Waals surface area (Å²) in [6, 6.07) is 44.8. The molecule has 1 aromatic heterocycles. The van der Waals surface area contributed by atoms with Crippen LogP contribution in [0.1, 0.15) is 0 Å². The Balaban J connectivity index is 1.45. The number of hydrogen-bond donors (Lipinski definition) is 0. The first kappa shape index (κ1) is 22.6. The molecule has 0 amide bonds. The molecule has 6 aromatic rings. The fourth-order valence-corrected chi connectivity index (χ4v) is 4.35. The van der Waals surface area contributed by atoms with Gasteiger partial charge in [-0.05, 0) is 28.3 Å². The summed E-state index contributed by atoms with van der Waals surface area (Å²) in [7, 11) is 6.03. The quantitative estimate of drug-likeness (QED) is 0.254. The monoisotopic (exact) mass is 471 g/mol. The molecule has 0 spiro atoms. The average molecular weight is 471 g/mol. The van der Waals surface area contributed by atoms with Gasteiger partial charge in [-0.2, -0.15) is 0 Å². The molecule has 0 saturated carbocycles. The maximum absolute atomic E-state index is 6.03. The van der Waals surface area contributed by atoms with Gasteiger partial charge in [-0.3, -0.25) is 0 Å². The number of hydrogen-bond acceptors (Lipinski definition) is 3. The van der Waals surface area contributed by atoms with Crippen molar-refractivity contribution in [3.05, 3.63) is 133 Å². The minimum atomic E-state index is 0.627. The third-order valence-corrected chi connectivity index (χ3v) is 6.26. The number of benzene rings is 5. The van der Waals surface area contributed by atoms with E-state index in [-0.39, 0.29) is 0 Å². The second kappa shape index (κ2) is 10.0. The van der Waals surface area contributed by atoms with Crippen molar-refractivity contribution in [1.82, 2.24) is 15.0 Å². The summed E-state index contributed by atoms with van der Waals surface area (Å²) in [6.45, 7) is 0. The fraction of sp³-hybridized carbons (Fsp3) is 0. The van der Waals surface area contributed by atoms with Gasteiger partial charge in [-0.25, -0.2) is 15.0 Å². The molecule has 1 heterocycles. The van der Waals surface area contributed by atoms with Crippen LogP contribution in [0.2, 0.25) is 0 Å². The van der Waals surface area contributed by atoms with E-state index in [4.69, 9.17) is 22.8 Å². The van der Waals surface area contributed by atoms with Crippen molar-refractivity contribution in [2.75, 3.05) is 0 Å². The van der Waals surface area contributed by atoms with Crippen LogP contribution in [0.5, 0.6) is 0 Å². The molecule has 0 unspecified atom stereocenters. The lowest BCUT2D eigenvalue weighted by molar-refractivity contribution is 1.07. The van der Waals surface area contributed by atoms with E-state index in [1.807, 2.05) is 78.9 Å². The van der Waals surface area contributed by atoms with E-state index >= 15 is 0 Å². The molecule has 0 bridgehead atoms. The number of nitrogens with zero attached hydrogens (tertiary/aromatic N) is 3. The molecule has 5 aromatic carbocycles. The highest BCUT2D eigenvalue weighted by molar-refractivity contribution is 6.32. The topological polar surface area (TPSA) is 38.7 Å². The molecule has 0 aliphatic carbocycles. The van der Waals surface area contributed by atoms with Gasteiger partial charge >= 0.3 is 0 Å². The SMILES string of the molecule is [B]c1cccc(-c2cccc(-c3nc(-c4ccccc4)nc(-c4ccc(-c5ccccc5)cc4)n3)c2)c1. The van der Waals surface area contributed by atoms with E-state index in [9.17, 15) is 0 Å². The van der Waals surface area contributed by atoms with Crippen molar-refractivity contribution < 1.29 is 0 Å². The third kappa shape index (κ3) is 4.96. The average Bonchev–Trinajstić information content (AvgIpc) is 2.98. The van der Waals surface area contributed by atoms with Gasteiger partial charge < -0.3 is 0 Å². The van der Waals surface area contributed by atoms with Crippen molar-refractivity contribution in [3.63, 3.8) is 0 Å². The molecule has 0 aliphatic heterocycles. The van der Waals surface area contributed by atoms with Crippen molar-refractivity contribution in [3.8, 4) is 56.4 Å². The van der Waals surface area contributed by atoms with E-state index in [0.717, 1.165) is 38.8 Å². The van der Waals surface area contributed by atoms with E-state index in [1.165, 1.54) is 5.56 Å². The largest absolute Gasteiger partial charge is 0.208 e. The van der Waals surface area contributed by atoms with E-state index in [2.05, 4.69) is 54.6 Å². The highest BCUT2D eigenvalue weighted by Crippen LogP contribution is 2.29. The second-order valence-electron chi connectivity index (χ2n) is 8.82. The molecule has 0 saturated heterocycles. The Kier molecular flexibility index (Phi) is 6.14. The Labute approximate surface area is 218 Å². The predicted octanol–water partition coefficient (Wildman–Crippen LogP) is 7.00. The first-order valence-corrected chi connectivity index (χ1v) is 12.2. The van der Waals surface area contributed by atoms with Crippen LogP contribution >= 0.6 is 0 Å². The summed E-state index contributed by atoms with van der Waals surface area (Å²) in [5, 5.41) is 0. The van der Waals surface area contributed by atoms with E-state index in [0.29, 0.717) is 17.5 Å². The standard InChI is InChI=1S/C33H22BN3/c34-30-16-8-14-28(22-30)27-13-7-15-29(21-27)33-36-31(25-11-5-2-6-12-25)35-32(37-33)26-19-17-24(18-20-26)23-9-3-1-4-10-23/h1-22H. The fourth-order valence-electron chi connectivity index (χ4n) is 4.35. The summed E-state index contributed by atoms with van der Waals surface area (Å²) >= 11 is 0. The third-order valence-electron chi connectivity index (χ3n) is 6.26. The molecule has 0 atom stereocenters. The molecule has 37 heavy (non-hydrogen) atoms. The molecule has 2 radical (unpaired) electrons. The van der Waals surface area contributed by atoms with Gasteiger partial charge in [0.25, 0.3) is 0 Å². The van der Waals surface area contributed by atoms with E-state index in [1.54, 1.807) is 0 Å². The maximum atomic E-state index is 6.03. The van der Waals surface area contributed by atoms with Crippen molar-refractivity contribution in [2.45, 2.75) is 0 Å². The van der Waals surface area contributed by atoms with Crippen molar-refractivity contribution in [1.29, 1.82) is 0 Å². The molecule has 0 fully saturated rings. The minimum Gasteiger partial charge on any atom is -0.208 e. The number of rotatable bonds is 5. The first-order chi connectivity index (χ1) is 18.2. The van der Waals surface area contributed by atoms with Gasteiger partial charge in [0, 0.05) is 16.7 Å². The molecular formula is C33H22BN3. The van der Waals surface area contributed by atoms with Gasteiger partial charge in [0.15, 0.2) is 17.5 Å². The Morgan fingerprint density at radius 1 is 0.324 bits per heavy atom. The second-order valence-corrected chi connectivity index (χ2v) is 8.82. The van der Waals surface area contributed by atoms with Crippen molar-refractivity contribution in [2.24, 2.45) is 0 Å². The summed E-state index contributed by atoms with van der Waals surface area (Å²) in [5.74, 6) is 1.90. The zero-order valence-corrected chi connectivity index (χ0v) is 20.1. The highest BCUT2D eigenvalue weighted by atomic mass is 15.0. The maximum Gasteiger partial charge on any atom is 0.164 e. The van der Waals surface area contributed by atoms with Crippen LogP contribution in [0.25, 0.3) is 56.4 Å². The molecule has 4 heteroatoms. The van der Waals surface area contributed by atoms with Crippen LogP contribution in [0.4, 0.5) is 0 Å². The summed E-state index contributed by atoms with van der Waals surface area (Å²) in [5.41, 5.74) is 7.96. The Bertz CT molecular complexity index is 1660. The van der Waals surface area contributed by atoms with Crippen molar-refractivity contribution >= 4 is 13.3 Å². The van der Waals surface area contributed by atoms with Crippen LogP contribution < -0.4 is 5.46 Å². The lowest BCUT2D eigenvalue weighted by Gasteiger charge is -2.10. The number of aromatic nitrogens is 3. The summed E-state index contributed by atoms with van der Waals surface area (Å²) in [4.78, 5) is 14.6. The Morgan fingerprint density at radius 3 is 1.35 bits per heavy atom. The van der Waals surface area contributed by atoms with Crippen LogP contribution in [-0.4, -0.2) is 22.8 Å². The van der Waals surface area contributed by atoms with Crippen LogP contribution in [0.3, 0.4) is 0 Å². The molecule has 3 nitrogen and oxygen atoms in total. The van der Waals surface area contributed by atoms with Gasteiger partial charge in [0.05, 0.1) is 0 Å². The molecule has 0 aliphatic rings. The van der Waals surface area contributed by atoms with Gasteiger partial charge in [-0.1, -0.05) is 133 Å². The smallest absolute Gasteiger partial charge is 0.164 e. The molecule has 0 N–H and O–H groups in total. The Morgan fingerprint density at radius 2 is 0.730 bits per heavy atom. The normalized spacial score (nSPS) is 10.8. The highest BCUT2D eigenvalue weighted by Gasteiger charge is 2.13. The van der Waals surface area contributed by atoms with Gasteiger partial charge in [-0.15, -0.1) is 0 Å². The van der Waals surface area contributed by atoms with E-state index < -0.39 is 0 Å². The lowest BCUT2D eigenvalue weighted by atomic mass is 9.92. The minimum absolute atomic E-state index is 0.627. The molecular weight excluding hydrogens is 449 g/mol. The zero-order chi connectivity index (χ0) is 25.0. The van der Waals surface area contributed by atoms with Crippen LogP contribution in [0, 0.1) is 0 Å². The summed E-state index contributed by atoms with van der Waals surface area (Å²) in [6.07, 6.45) is 0. The molecule has 6 rings (SSSR count). The predicted molar refractivity (Wildman–Crippen MR) is 152 cm³/mol. The lowest BCUT2D eigenvalue weighted by Crippen LogP contribution is -2.01. The van der Waals surface area contributed by atoms with Gasteiger partial charge in [0.2, 0.25) is 0 Å².